The topological polar surface area (TPSA) is 36.4 Å². The van der Waals surface area contributed by atoms with Crippen molar-refractivity contribution in [2.45, 2.75) is 38.5 Å². The van der Waals surface area contributed by atoms with Crippen molar-refractivity contribution in [1.29, 1.82) is 0 Å². The van der Waals surface area contributed by atoms with Crippen LogP contribution >= 0.6 is 0 Å². The van der Waals surface area contributed by atoms with Gasteiger partial charge in [-0.1, -0.05) is 12.8 Å². The molecule has 0 atom stereocenters. The van der Waals surface area contributed by atoms with Gasteiger partial charge in [0.2, 0.25) is 0 Å². The van der Waals surface area contributed by atoms with Crippen molar-refractivity contribution in [2.75, 3.05) is 31.1 Å². The molecular weight excluding hydrogens is 250 g/mol. The zero-order valence-electron chi connectivity index (χ0n) is 12.1. The number of likely N-dealkylation sites (tertiary alicyclic amines) is 1. The average molecular weight is 273 g/mol. The minimum absolute atomic E-state index is 0.0971. The number of hydrogen-bond donors (Lipinski definition) is 0. The van der Waals surface area contributed by atoms with Crippen LogP contribution in [0.1, 0.15) is 49.0 Å². The summed E-state index contributed by atoms with van der Waals surface area (Å²) in [5, 5.41) is 0. The number of aromatic nitrogens is 1. The van der Waals surface area contributed by atoms with Gasteiger partial charge in [-0.05, 0) is 37.8 Å². The summed E-state index contributed by atoms with van der Waals surface area (Å²) >= 11 is 0. The van der Waals surface area contributed by atoms with Crippen molar-refractivity contribution in [3.05, 3.63) is 24.0 Å². The van der Waals surface area contributed by atoms with Gasteiger partial charge >= 0.3 is 0 Å². The Morgan fingerprint density at radius 1 is 0.900 bits per heavy atom. The van der Waals surface area contributed by atoms with Crippen LogP contribution in [0.15, 0.2) is 18.3 Å². The van der Waals surface area contributed by atoms with E-state index >= 15 is 0 Å². The van der Waals surface area contributed by atoms with Crippen molar-refractivity contribution >= 4 is 11.6 Å². The van der Waals surface area contributed by atoms with Crippen LogP contribution in [0.4, 0.5) is 5.69 Å². The Hall–Kier alpha value is -1.58. The van der Waals surface area contributed by atoms with Crippen LogP contribution in [0.25, 0.3) is 0 Å². The van der Waals surface area contributed by atoms with Gasteiger partial charge in [-0.15, -0.1) is 0 Å². The minimum atomic E-state index is 0.0971. The molecule has 3 rings (SSSR count). The first kappa shape index (κ1) is 13.4. The Bertz CT molecular complexity index is 443. The second-order valence-electron chi connectivity index (χ2n) is 5.80. The van der Waals surface area contributed by atoms with Crippen LogP contribution < -0.4 is 4.90 Å². The molecule has 0 unspecified atom stereocenters. The zero-order valence-corrected chi connectivity index (χ0v) is 12.1. The summed E-state index contributed by atoms with van der Waals surface area (Å²) in [4.78, 5) is 21.1. The van der Waals surface area contributed by atoms with Crippen LogP contribution in [0.2, 0.25) is 0 Å². The highest BCUT2D eigenvalue weighted by atomic mass is 16.2. The maximum absolute atomic E-state index is 12.4. The molecule has 0 spiro atoms. The minimum Gasteiger partial charge on any atom is -0.370 e. The van der Waals surface area contributed by atoms with Crippen molar-refractivity contribution < 1.29 is 4.79 Å². The third-order valence-electron chi connectivity index (χ3n) is 4.33. The Balaban J connectivity index is 1.68. The van der Waals surface area contributed by atoms with E-state index in [0.717, 1.165) is 44.7 Å². The second kappa shape index (κ2) is 6.25. The molecule has 1 aromatic heterocycles. The number of rotatable bonds is 2. The average Bonchev–Trinajstić information content (AvgIpc) is 2.89. The van der Waals surface area contributed by atoms with Crippen LogP contribution in [0, 0.1) is 0 Å². The maximum Gasteiger partial charge on any atom is 0.272 e. The summed E-state index contributed by atoms with van der Waals surface area (Å²) < 4.78 is 0. The van der Waals surface area contributed by atoms with E-state index in [4.69, 9.17) is 0 Å². The van der Waals surface area contributed by atoms with E-state index in [-0.39, 0.29) is 5.91 Å². The first-order valence-corrected chi connectivity index (χ1v) is 7.85. The lowest BCUT2D eigenvalue weighted by molar-refractivity contribution is 0.0756. The molecule has 4 heteroatoms. The highest BCUT2D eigenvalue weighted by molar-refractivity contribution is 5.92. The molecule has 0 bridgehead atoms. The summed E-state index contributed by atoms with van der Waals surface area (Å²) in [7, 11) is 0. The van der Waals surface area contributed by atoms with Crippen LogP contribution in [0.3, 0.4) is 0 Å². The van der Waals surface area contributed by atoms with Gasteiger partial charge in [-0.2, -0.15) is 0 Å². The van der Waals surface area contributed by atoms with Gasteiger partial charge in [0.1, 0.15) is 5.69 Å². The summed E-state index contributed by atoms with van der Waals surface area (Å²) in [6, 6.07) is 3.93. The van der Waals surface area contributed by atoms with Crippen molar-refractivity contribution in [3.8, 4) is 0 Å². The van der Waals surface area contributed by atoms with E-state index in [9.17, 15) is 4.79 Å². The van der Waals surface area contributed by atoms with Crippen molar-refractivity contribution in [1.82, 2.24) is 9.88 Å². The molecule has 0 aromatic carbocycles. The largest absolute Gasteiger partial charge is 0.370 e. The number of pyridine rings is 1. The fraction of sp³-hybridized carbons (Fsp3) is 0.625. The fourth-order valence-electron chi connectivity index (χ4n) is 3.11. The monoisotopic (exact) mass is 273 g/mol. The molecule has 1 amide bonds. The molecule has 4 nitrogen and oxygen atoms in total. The molecule has 20 heavy (non-hydrogen) atoms. The summed E-state index contributed by atoms with van der Waals surface area (Å²) in [5.41, 5.74) is 1.74. The van der Waals surface area contributed by atoms with Gasteiger partial charge < -0.3 is 9.80 Å². The summed E-state index contributed by atoms with van der Waals surface area (Å²) in [6.07, 6.45) is 9.10. The van der Waals surface area contributed by atoms with Gasteiger partial charge in [-0.25, -0.2) is 4.98 Å². The number of carbonyl (C=O) groups excluding carboxylic acids is 1. The predicted octanol–water partition coefficient (Wildman–Crippen LogP) is 2.70. The van der Waals surface area contributed by atoms with Crippen LogP contribution in [-0.2, 0) is 0 Å². The number of carbonyl (C=O) groups is 1. The molecule has 0 saturated carbocycles. The van der Waals surface area contributed by atoms with Gasteiger partial charge in [0.15, 0.2) is 0 Å². The zero-order chi connectivity index (χ0) is 13.8. The normalized spacial score (nSPS) is 20.0. The molecule has 108 valence electrons. The number of amides is 1. The van der Waals surface area contributed by atoms with E-state index < -0.39 is 0 Å². The summed E-state index contributed by atoms with van der Waals surface area (Å²) in [6.45, 7) is 3.99. The Kier molecular flexibility index (Phi) is 4.19. The van der Waals surface area contributed by atoms with E-state index in [1.165, 1.54) is 25.7 Å². The lowest BCUT2D eigenvalue weighted by Gasteiger charge is -2.21. The van der Waals surface area contributed by atoms with E-state index in [0.29, 0.717) is 5.69 Å². The standard InChI is InChI=1S/C16H23N3O/c20-16(19-11-3-1-2-4-12-19)15-8-7-14(13-17-15)18-9-5-6-10-18/h7-8,13H,1-6,9-12H2. The predicted molar refractivity (Wildman–Crippen MR) is 80.1 cm³/mol. The number of hydrogen-bond acceptors (Lipinski definition) is 3. The SMILES string of the molecule is O=C(c1ccc(N2CCCC2)cn1)N1CCCCCC1. The number of anilines is 1. The van der Waals surface area contributed by atoms with Crippen molar-refractivity contribution in [3.63, 3.8) is 0 Å². The Labute approximate surface area is 120 Å². The highest BCUT2D eigenvalue weighted by Gasteiger charge is 2.19. The maximum atomic E-state index is 12.4. The van der Waals surface area contributed by atoms with Gasteiger partial charge in [0.05, 0.1) is 11.9 Å². The first-order valence-electron chi connectivity index (χ1n) is 7.85. The highest BCUT2D eigenvalue weighted by Crippen LogP contribution is 2.20. The molecule has 0 aliphatic carbocycles. The second-order valence-corrected chi connectivity index (χ2v) is 5.80. The molecule has 3 heterocycles. The van der Waals surface area contributed by atoms with E-state index in [2.05, 4.69) is 9.88 Å². The molecule has 2 saturated heterocycles. The Morgan fingerprint density at radius 3 is 2.15 bits per heavy atom. The van der Waals surface area contributed by atoms with Gasteiger partial charge in [0.25, 0.3) is 5.91 Å². The molecule has 0 radical (unpaired) electrons. The quantitative estimate of drug-likeness (QED) is 0.831. The Morgan fingerprint density at radius 2 is 1.55 bits per heavy atom. The summed E-state index contributed by atoms with van der Waals surface area (Å²) in [5.74, 6) is 0.0971. The lowest BCUT2D eigenvalue weighted by atomic mass is 10.2. The fourth-order valence-corrected chi connectivity index (χ4v) is 3.11. The van der Waals surface area contributed by atoms with Gasteiger partial charge in [-0.3, -0.25) is 4.79 Å². The van der Waals surface area contributed by atoms with E-state index in [1.54, 1.807) is 0 Å². The third-order valence-corrected chi connectivity index (χ3v) is 4.33. The molecule has 0 N–H and O–H groups in total. The van der Waals surface area contributed by atoms with Crippen LogP contribution in [-0.4, -0.2) is 42.0 Å². The molecular formula is C16H23N3O. The molecule has 1 aromatic rings. The smallest absolute Gasteiger partial charge is 0.272 e. The number of nitrogens with zero attached hydrogens (tertiary/aromatic N) is 3. The molecule has 2 fully saturated rings. The first-order chi connectivity index (χ1) is 9.84. The van der Waals surface area contributed by atoms with E-state index in [1.807, 2.05) is 23.2 Å². The molecule has 2 aliphatic heterocycles. The molecule has 2 aliphatic rings. The lowest BCUT2D eigenvalue weighted by Crippen LogP contribution is -2.32. The van der Waals surface area contributed by atoms with Crippen molar-refractivity contribution in [2.24, 2.45) is 0 Å². The van der Waals surface area contributed by atoms with Gasteiger partial charge in [0, 0.05) is 26.2 Å². The van der Waals surface area contributed by atoms with Crippen LogP contribution in [0.5, 0.6) is 0 Å². The third kappa shape index (κ3) is 2.94.